The van der Waals surface area contributed by atoms with Gasteiger partial charge in [-0.25, -0.2) is 0 Å². The SMILES string of the molecule is CCCCCCn1ccc2ccc(CNCCC)cc21. The molecule has 0 aliphatic carbocycles. The highest BCUT2D eigenvalue weighted by atomic mass is 14.9. The van der Waals surface area contributed by atoms with Crippen molar-refractivity contribution in [2.75, 3.05) is 6.54 Å². The molecule has 1 heterocycles. The summed E-state index contributed by atoms with van der Waals surface area (Å²) in [6, 6.07) is 9.07. The van der Waals surface area contributed by atoms with E-state index in [4.69, 9.17) is 0 Å². The number of fused-ring (bicyclic) bond motifs is 1. The average Bonchev–Trinajstić information content (AvgIpc) is 2.87. The molecule has 2 aromatic rings. The van der Waals surface area contributed by atoms with Crippen molar-refractivity contribution in [2.24, 2.45) is 0 Å². The second kappa shape index (κ2) is 8.11. The van der Waals surface area contributed by atoms with Crippen LogP contribution in [0.1, 0.15) is 51.5 Å². The van der Waals surface area contributed by atoms with Crippen molar-refractivity contribution in [3.05, 3.63) is 36.0 Å². The highest BCUT2D eigenvalue weighted by Gasteiger charge is 2.02. The van der Waals surface area contributed by atoms with E-state index in [1.807, 2.05) is 0 Å². The van der Waals surface area contributed by atoms with Gasteiger partial charge < -0.3 is 9.88 Å². The molecule has 0 bridgehead atoms. The fourth-order valence-corrected chi connectivity index (χ4v) is 2.65. The van der Waals surface area contributed by atoms with E-state index in [1.165, 1.54) is 48.6 Å². The van der Waals surface area contributed by atoms with Gasteiger partial charge in [0.15, 0.2) is 0 Å². The monoisotopic (exact) mass is 272 g/mol. The van der Waals surface area contributed by atoms with Gasteiger partial charge in [-0.15, -0.1) is 0 Å². The maximum atomic E-state index is 3.48. The van der Waals surface area contributed by atoms with Gasteiger partial charge in [0, 0.05) is 24.8 Å². The van der Waals surface area contributed by atoms with E-state index in [1.54, 1.807) is 0 Å². The molecule has 0 aliphatic heterocycles. The summed E-state index contributed by atoms with van der Waals surface area (Å²) in [4.78, 5) is 0. The maximum Gasteiger partial charge on any atom is 0.0483 e. The van der Waals surface area contributed by atoms with Crippen molar-refractivity contribution in [3.63, 3.8) is 0 Å². The summed E-state index contributed by atoms with van der Waals surface area (Å²) < 4.78 is 2.41. The van der Waals surface area contributed by atoms with E-state index in [0.717, 1.165) is 19.6 Å². The van der Waals surface area contributed by atoms with Gasteiger partial charge in [-0.3, -0.25) is 0 Å². The normalized spacial score (nSPS) is 11.3. The average molecular weight is 272 g/mol. The number of unbranched alkanes of at least 4 members (excludes halogenated alkanes) is 3. The summed E-state index contributed by atoms with van der Waals surface area (Å²) in [5.41, 5.74) is 2.77. The van der Waals surface area contributed by atoms with Gasteiger partial charge in [0.2, 0.25) is 0 Å². The Morgan fingerprint density at radius 2 is 1.90 bits per heavy atom. The molecule has 1 aromatic carbocycles. The van der Waals surface area contributed by atoms with Gasteiger partial charge in [-0.1, -0.05) is 45.2 Å². The number of hydrogen-bond donors (Lipinski definition) is 1. The van der Waals surface area contributed by atoms with Crippen molar-refractivity contribution >= 4 is 10.9 Å². The van der Waals surface area contributed by atoms with E-state index in [-0.39, 0.29) is 0 Å². The molecule has 1 aromatic heterocycles. The fourth-order valence-electron chi connectivity index (χ4n) is 2.65. The van der Waals surface area contributed by atoms with Crippen LogP contribution in [0.4, 0.5) is 0 Å². The molecular weight excluding hydrogens is 244 g/mol. The van der Waals surface area contributed by atoms with Crippen LogP contribution in [-0.4, -0.2) is 11.1 Å². The number of benzene rings is 1. The van der Waals surface area contributed by atoms with Crippen LogP contribution in [0.25, 0.3) is 10.9 Å². The summed E-state index contributed by atoms with van der Waals surface area (Å²) in [5, 5.41) is 4.84. The first-order valence-corrected chi connectivity index (χ1v) is 8.13. The molecule has 2 rings (SSSR count). The topological polar surface area (TPSA) is 17.0 Å². The molecule has 0 saturated heterocycles. The van der Waals surface area contributed by atoms with Crippen molar-refractivity contribution in [2.45, 2.75) is 59.0 Å². The van der Waals surface area contributed by atoms with Crippen LogP contribution in [0.3, 0.4) is 0 Å². The molecule has 0 amide bonds. The van der Waals surface area contributed by atoms with Gasteiger partial charge in [0.1, 0.15) is 0 Å². The lowest BCUT2D eigenvalue weighted by Crippen LogP contribution is -2.13. The third-order valence-corrected chi connectivity index (χ3v) is 3.85. The molecule has 20 heavy (non-hydrogen) atoms. The van der Waals surface area contributed by atoms with Crippen molar-refractivity contribution in [1.82, 2.24) is 9.88 Å². The second-order valence-electron chi connectivity index (χ2n) is 5.64. The van der Waals surface area contributed by atoms with Gasteiger partial charge in [0.25, 0.3) is 0 Å². The molecule has 0 spiro atoms. The first-order valence-electron chi connectivity index (χ1n) is 8.13. The molecule has 0 aliphatic rings. The number of rotatable bonds is 9. The number of hydrogen-bond acceptors (Lipinski definition) is 1. The number of aryl methyl sites for hydroxylation is 1. The summed E-state index contributed by atoms with van der Waals surface area (Å²) in [6.45, 7) is 7.69. The summed E-state index contributed by atoms with van der Waals surface area (Å²) in [6.07, 6.45) is 8.71. The lowest BCUT2D eigenvalue weighted by Gasteiger charge is -2.08. The second-order valence-corrected chi connectivity index (χ2v) is 5.64. The minimum atomic E-state index is 0.977. The zero-order valence-electron chi connectivity index (χ0n) is 13.0. The van der Waals surface area contributed by atoms with Crippen LogP contribution in [0, 0.1) is 0 Å². The fraction of sp³-hybridized carbons (Fsp3) is 0.556. The minimum absolute atomic E-state index is 0.977. The highest BCUT2D eigenvalue weighted by Crippen LogP contribution is 2.18. The molecule has 0 saturated carbocycles. The molecule has 1 N–H and O–H groups in total. The van der Waals surface area contributed by atoms with Gasteiger partial charge in [-0.05, 0) is 42.5 Å². The lowest BCUT2D eigenvalue weighted by molar-refractivity contribution is 0.593. The molecule has 0 atom stereocenters. The van der Waals surface area contributed by atoms with E-state index in [0.29, 0.717) is 0 Å². The van der Waals surface area contributed by atoms with Gasteiger partial charge in [0.05, 0.1) is 0 Å². The Kier molecular flexibility index (Phi) is 6.13. The van der Waals surface area contributed by atoms with Gasteiger partial charge >= 0.3 is 0 Å². The summed E-state index contributed by atoms with van der Waals surface area (Å²) >= 11 is 0. The van der Waals surface area contributed by atoms with E-state index in [2.05, 4.69) is 54.2 Å². The van der Waals surface area contributed by atoms with Crippen LogP contribution >= 0.6 is 0 Å². The zero-order valence-corrected chi connectivity index (χ0v) is 13.0. The molecule has 0 radical (unpaired) electrons. The summed E-state index contributed by atoms with van der Waals surface area (Å²) in [5.74, 6) is 0. The van der Waals surface area contributed by atoms with Crippen molar-refractivity contribution in [1.29, 1.82) is 0 Å². The van der Waals surface area contributed by atoms with Crippen molar-refractivity contribution in [3.8, 4) is 0 Å². The van der Waals surface area contributed by atoms with E-state index in [9.17, 15) is 0 Å². The van der Waals surface area contributed by atoms with Gasteiger partial charge in [-0.2, -0.15) is 0 Å². The minimum Gasteiger partial charge on any atom is -0.347 e. The van der Waals surface area contributed by atoms with E-state index >= 15 is 0 Å². The molecule has 110 valence electrons. The lowest BCUT2D eigenvalue weighted by atomic mass is 10.1. The molecule has 0 unspecified atom stereocenters. The first kappa shape index (κ1) is 15.1. The van der Waals surface area contributed by atoms with E-state index < -0.39 is 0 Å². The van der Waals surface area contributed by atoms with Crippen LogP contribution in [0.15, 0.2) is 30.5 Å². The first-order chi connectivity index (χ1) is 9.85. The molecule has 2 nitrogen and oxygen atoms in total. The van der Waals surface area contributed by atoms with Crippen LogP contribution < -0.4 is 5.32 Å². The predicted octanol–water partition coefficient (Wildman–Crippen LogP) is 4.72. The van der Waals surface area contributed by atoms with Crippen LogP contribution in [0.5, 0.6) is 0 Å². The van der Waals surface area contributed by atoms with Crippen LogP contribution in [0.2, 0.25) is 0 Å². The quantitative estimate of drug-likeness (QED) is 0.653. The largest absolute Gasteiger partial charge is 0.347 e. The Morgan fingerprint density at radius 3 is 2.70 bits per heavy atom. The Bertz CT molecular complexity index is 513. The Morgan fingerprint density at radius 1 is 1.00 bits per heavy atom. The third kappa shape index (κ3) is 4.11. The molecular formula is C18H28N2. The standard InChI is InChI=1S/C18H28N2/c1-3-5-6-7-12-20-13-10-17-9-8-16(14-18(17)20)15-19-11-4-2/h8-10,13-14,19H,3-7,11-12,15H2,1-2H3. The Labute approximate surface area is 123 Å². The predicted molar refractivity (Wildman–Crippen MR) is 88.1 cm³/mol. The smallest absolute Gasteiger partial charge is 0.0483 e. The van der Waals surface area contributed by atoms with Crippen molar-refractivity contribution < 1.29 is 0 Å². The summed E-state index contributed by atoms with van der Waals surface area (Å²) in [7, 11) is 0. The number of aromatic nitrogens is 1. The third-order valence-electron chi connectivity index (χ3n) is 3.85. The molecule has 0 fully saturated rings. The highest BCUT2D eigenvalue weighted by molar-refractivity contribution is 5.80. The zero-order chi connectivity index (χ0) is 14.2. The van der Waals surface area contributed by atoms with Crippen LogP contribution in [-0.2, 0) is 13.1 Å². The Balaban J connectivity index is 2.01. The maximum absolute atomic E-state index is 3.48. The number of nitrogens with one attached hydrogen (secondary N) is 1. The number of nitrogens with zero attached hydrogens (tertiary/aromatic N) is 1. The Hall–Kier alpha value is -1.28. The molecule has 2 heteroatoms.